The third kappa shape index (κ3) is 3.91. The first-order valence-electron chi connectivity index (χ1n) is 9.19. The first kappa shape index (κ1) is 17.1. The van der Waals surface area contributed by atoms with E-state index in [4.69, 9.17) is 0 Å². The van der Waals surface area contributed by atoms with Gasteiger partial charge < -0.3 is 20.6 Å². The lowest BCUT2D eigenvalue weighted by atomic mass is 10.2. The predicted octanol–water partition coefficient (Wildman–Crippen LogP) is 0.915. The highest BCUT2D eigenvalue weighted by Gasteiger charge is 2.31. The molecule has 1 aliphatic heterocycles. The molecular formula is C18H25N7O. The summed E-state index contributed by atoms with van der Waals surface area (Å²) >= 11 is 0. The van der Waals surface area contributed by atoms with Crippen molar-refractivity contribution in [3.8, 4) is 0 Å². The molecule has 0 unspecified atom stereocenters. The number of aliphatic hydroxyl groups is 1. The van der Waals surface area contributed by atoms with E-state index < -0.39 is 0 Å². The fourth-order valence-corrected chi connectivity index (χ4v) is 3.40. The third-order valence-corrected chi connectivity index (χ3v) is 4.97. The zero-order valence-electron chi connectivity index (χ0n) is 15.0. The minimum atomic E-state index is -0.337. The van der Waals surface area contributed by atoms with E-state index in [0.29, 0.717) is 12.5 Å². The number of aromatic nitrogens is 4. The smallest absolute Gasteiger partial charge is 0.134 e. The van der Waals surface area contributed by atoms with Crippen LogP contribution in [0.15, 0.2) is 24.8 Å². The average molecular weight is 355 g/mol. The molecule has 3 N–H and O–H groups in total. The van der Waals surface area contributed by atoms with Crippen LogP contribution in [0.3, 0.4) is 0 Å². The summed E-state index contributed by atoms with van der Waals surface area (Å²) in [5, 5.41) is 16.6. The van der Waals surface area contributed by atoms with Crippen LogP contribution in [0.5, 0.6) is 0 Å². The van der Waals surface area contributed by atoms with Crippen LogP contribution in [-0.4, -0.2) is 57.3 Å². The van der Waals surface area contributed by atoms with Gasteiger partial charge in [-0.1, -0.05) is 0 Å². The molecule has 8 nitrogen and oxygen atoms in total. The van der Waals surface area contributed by atoms with Crippen molar-refractivity contribution in [1.29, 1.82) is 0 Å². The maximum atomic E-state index is 10.1. The molecule has 2 aromatic rings. The molecule has 2 atom stereocenters. The number of hydrogen-bond donors (Lipinski definition) is 3. The van der Waals surface area contributed by atoms with E-state index in [-0.39, 0.29) is 12.1 Å². The lowest BCUT2D eigenvalue weighted by molar-refractivity contribution is 0.194. The lowest BCUT2D eigenvalue weighted by Crippen LogP contribution is -2.38. The van der Waals surface area contributed by atoms with Crippen molar-refractivity contribution in [2.75, 3.05) is 30.4 Å². The van der Waals surface area contributed by atoms with Crippen LogP contribution in [0, 0.1) is 0 Å². The summed E-state index contributed by atoms with van der Waals surface area (Å²) in [4.78, 5) is 19.6. The molecule has 3 heterocycles. The van der Waals surface area contributed by atoms with Gasteiger partial charge in [0, 0.05) is 62.7 Å². The summed E-state index contributed by atoms with van der Waals surface area (Å²) in [6.45, 7) is 2.07. The number of nitrogens with one attached hydrogen (secondary N) is 2. The zero-order chi connectivity index (χ0) is 17.9. The van der Waals surface area contributed by atoms with Crippen LogP contribution >= 0.6 is 0 Å². The van der Waals surface area contributed by atoms with Crippen LogP contribution < -0.4 is 15.5 Å². The van der Waals surface area contributed by atoms with Crippen molar-refractivity contribution >= 4 is 11.6 Å². The number of aliphatic hydroxyl groups excluding tert-OH is 1. The van der Waals surface area contributed by atoms with Gasteiger partial charge in [-0.15, -0.1) is 0 Å². The van der Waals surface area contributed by atoms with Gasteiger partial charge in [-0.25, -0.2) is 19.9 Å². The van der Waals surface area contributed by atoms with Crippen LogP contribution in [0.25, 0.3) is 0 Å². The van der Waals surface area contributed by atoms with Crippen molar-refractivity contribution in [2.24, 2.45) is 0 Å². The normalized spacial score (nSPS) is 22.6. The minimum Gasteiger partial charge on any atom is -0.391 e. The van der Waals surface area contributed by atoms with Crippen molar-refractivity contribution in [3.05, 3.63) is 36.2 Å². The number of hydrogen-bond acceptors (Lipinski definition) is 8. The Balaban J connectivity index is 1.34. The van der Waals surface area contributed by atoms with Gasteiger partial charge in [0.15, 0.2) is 0 Å². The SMILES string of the molecule is CNc1cc(N2C[C@H](O)C[C@@H]2CNCc2cnc(C3CC3)nc2)ncn1. The summed E-state index contributed by atoms with van der Waals surface area (Å²) in [7, 11) is 1.83. The molecule has 0 bridgehead atoms. The fourth-order valence-electron chi connectivity index (χ4n) is 3.40. The Labute approximate surface area is 153 Å². The molecule has 8 heteroatoms. The van der Waals surface area contributed by atoms with Gasteiger partial charge >= 0.3 is 0 Å². The molecule has 2 aromatic heterocycles. The van der Waals surface area contributed by atoms with Crippen molar-refractivity contribution in [2.45, 2.75) is 43.9 Å². The van der Waals surface area contributed by atoms with E-state index in [0.717, 1.165) is 42.5 Å². The van der Waals surface area contributed by atoms with E-state index >= 15 is 0 Å². The molecule has 0 spiro atoms. The summed E-state index contributed by atoms with van der Waals surface area (Å²) in [5.41, 5.74) is 1.08. The minimum absolute atomic E-state index is 0.191. The third-order valence-electron chi connectivity index (χ3n) is 4.97. The Morgan fingerprint density at radius 3 is 2.73 bits per heavy atom. The van der Waals surface area contributed by atoms with E-state index in [1.54, 1.807) is 6.33 Å². The Morgan fingerprint density at radius 1 is 1.19 bits per heavy atom. The van der Waals surface area contributed by atoms with E-state index in [2.05, 4.69) is 35.5 Å². The molecule has 1 saturated heterocycles. The fraction of sp³-hybridized carbons (Fsp3) is 0.556. The van der Waals surface area contributed by atoms with Crippen molar-refractivity contribution < 1.29 is 5.11 Å². The summed E-state index contributed by atoms with van der Waals surface area (Å²) in [5.74, 6) is 3.17. The van der Waals surface area contributed by atoms with Gasteiger partial charge in [-0.2, -0.15) is 0 Å². The quantitative estimate of drug-likeness (QED) is 0.674. The number of β-amino-alcohol motifs (C(OH)–C–C–N with tert-alkyl or cyclic N) is 1. The molecular weight excluding hydrogens is 330 g/mol. The number of rotatable bonds is 7. The van der Waals surface area contributed by atoms with E-state index in [1.807, 2.05) is 25.5 Å². The monoisotopic (exact) mass is 355 g/mol. The molecule has 2 aliphatic rings. The molecule has 0 aromatic carbocycles. The largest absolute Gasteiger partial charge is 0.391 e. The second kappa shape index (κ2) is 7.51. The van der Waals surface area contributed by atoms with E-state index in [1.165, 1.54) is 12.8 Å². The second-order valence-corrected chi connectivity index (χ2v) is 7.06. The Hall–Kier alpha value is -2.32. The molecule has 26 heavy (non-hydrogen) atoms. The maximum Gasteiger partial charge on any atom is 0.134 e. The van der Waals surface area contributed by atoms with Crippen molar-refractivity contribution in [3.63, 3.8) is 0 Å². The molecule has 1 aliphatic carbocycles. The van der Waals surface area contributed by atoms with E-state index in [9.17, 15) is 5.11 Å². The first-order chi connectivity index (χ1) is 12.7. The number of nitrogens with zero attached hydrogens (tertiary/aromatic N) is 5. The molecule has 0 radical (unpaired) electrons. The topological polar surface area (TPSA) is 99.1 Å². The Bertz CT molecular complexity index is 735. The molecule has 138 valence electrons. The summed E-state index contributed by atoms with van der Waals surface area (Å²) < 4.78 is 0. The predicted molar refractivity (Wildman–Crippen MR) is 99.1 cm³/mol. The summed E-state index contributed by atoms with van der Waals surface area (Å²) in [6.07, 6.45) is 8.21. The average Bonchev–Trinajstić information content (AvgIpc) is 3.45. The van der Waals surface area contributed by atoms with Crippen LogP contribution in [-0.2, 0) is 6.54 Å². The van der Waals surface area contributed by atoms with Gasteiger partial charge in [-0.05, 0) is 19.3 Å². The lowest BCUT2D eigenvalue weighted by Gasteiger charge is -2.25. The second-order valence-electron chi connectivity index (χ2n) is 7.06. The van der Waals surface area contributed by atoms with Gasteiger partial charge in [0.25, 0.3) is 0 Å². The van der Waals surface area contributed by atoms with Gasteiger partial charge in [0.2, 0.25) is 0 Å². The van der Waals surface area contributed by atoms with Crippen molar-refractivity contribution in [1.82, 2.24) is 25.3 Å². The van der Waals surface area contributed by atoms with Crippen LogP contribution in [0.2, 0.25) is 0 Å². The Morgan fingerprint density at radius 2 is 2.00 bits per heavy atom. The first-order valence-corrected chi connectivity index (χ1v) is 9.19. The van der Waals surface area contributed by atoms with Gasteiger partial charge in [-0.3, -0.25) is 0 Å². The highest BCUT2D eigenvalue weighted by molar-refractivity contribution is 5.50. The number of anilines is 2. The summed E-state index contributed by atoms with van der Waals surface area (Å²) in [6, 6.07) is 2.10. The molecule has 1 saturated carbocycles. The van der Waals surface area contributed by atoms with Crippen LogP contribution in [0.1, 0.15) is 36.6 Å². The highest BCUT2D eigenvalue weighted by atomic mass is 16.3. The molecule has 2 fully saturated rings. The van der Waals surface area contributed by atoms with Crippen LogP contribution in [0.4, 0.5) is 11.6 Å². The van der Waals surface area contributed by atoms with Gasteiger partial charge in [0.05, 0.1) is 6.10 Å². The zero-order valence-corrected chi connectivity index (χ0v) is 15.0. The standard InChI is InChI=1S/C18H25N7O/c1-19-16-5-17(24-11-23-16)25-10-15(26)4-14(25)9-20-6-12-7-21-18(22-8-12)13-2-3-13/h5,7-8,11,13-15,20,26H,2-4,6,9-10H2,1H3,(H,19,23,24)/t14-,15-/m1/s1. The highest BCUT2D eigenvalue weighted by Crippen LogP contribution is 2.37. The Kier molecular flexibility index (Phi) is 4.94. The van der Waals surface area contributed by atoms with Gasteiger partial charge in [0.1, 0.15) is 23.8 Å². The maximum absolute atomic E-state index is 10.1. The molecule has 4 rings (SSSR count). The molecule has 0 amide bonds.